The van der Waals surface area contributed by atoms with E-state index in [9.17, 15) is 0 Å². The van der Waals surface area contributed by atoms with E-state index in [0.29, 0.717) is 12.5 Å². The lowest BCUT2D eigenvalue weighted by Gasteiger charge is -2.15. The Hall–Kier alpha value is -1.62. The van der Waals surface area contributed by atoms with Gasteiger partial charge in [0.25, 0.3) is 0 Å². The maximum absolute atomic E-state index is 5.90. The van der Waals surface area contributed by atoms with Crippen LogP contribution >= 0.6 is 11.3 Å². The van der Waals surface area contributed by atoms with E-state index in [4.69, 9.17) is 4.74 Å². The summed E-state index contributed by atoms with van der Waals surface area (Å²) in [6.45, 7) is 9.73. The van der Waals surface area contributed by atoms with Gasteiger partial charge in [0, 0.05) is 23.8 Å². The predicted molar refractivity (Wildman–Crippen MR) is 88.5 cm³/mol. The smallest absolute Gasteiger partial charge is 0.221 e. The summed E-state index contributed by atoms with van der Waals surface area (Å²) in [7, 11) is 0. The van der Waals surface area contributed by atoms with Crippen LogP contribution in [-0.4, -0.2) is 23.1 Å². The molecule has 0 aromatic carbocycles. The molecule has 1 N–H and O–H groups in total. The Bertz CT molecular complexity index is 567. The van der Waals surface area contributed by atoms with Crippen molar-refractivity contribution >= 4 is 17.2 Å². The predicted octanol–water partition coefficient (Wildman–Crippen LogP) is 4.02. The van der Waals surface area contributed by atoms with Crippen LogP contribution < -0.4 is 10.1 Å². The lowest BCUT2D eigenvalue weighted by molar-refractivity contribution is 0.306. The number of rotatable bonds is 7. The molecule has 5 heteroatoms. The number of ether oxygens (including phenoxy) is 1. The average Bonchev–Trinajstić information content (AvgIpc) is 2.96. The molecule has 21 heavy (non-hydrogen) atoms. The van der Waals surface area contributed by atoms with Crippen molar-refractivity contribution in [2.24, 2.45) is 0 Å². The van der Waals surface area contributed by atoms with Crippen molar-refractivity contribution in [3.05, 3.63) is 33.8 Å². The van der Waals surface area contributed by atoms with E-state index in [-0.39, 0.29) is 5.92 Å². The summed E-state index contributed by atoms with van der Waals surface area (Å²) in [5.74, 6) is 2.67. The molecular weight excluding hydrogens is 282 g/mol. The molecule has 0 spiro atoms. The van der Waals surface area contributed by atoms with Crippen LogP contribution in [0, 0.1) is 6.92 Å². The second kappa shape index (κ2) is 7.41. The van der Waals surface area contributed by atoms with Crippen molar-refractivity contribution in [3.63, 3.8) is 0 Å². The fourth-order valence-electron chi connectivity index (χ4n) is 1.95. The first kappa shape index (κ1) is 15.8. The van der Waals surface area contributed by atoms with Gasteiger partial charge in [0.05, 0.1) is 12.2 Å². The maximum atomic E-state index is 5.90. The summed E-state index contributed by atoms with van der Waals surface area (Å²) in [6.07, 6.45) is 0.911. The molecule has 0 bridgehead atoms. The first-order valence-electron chi connectivity index (χ1n) is 7.39. The second-order valence-electron chi connectivity index (χ2n) is 5.22. The number of thiophene rings is 1. The van der Waals surface area contributed by atoms with Gasteiger partial charge in [-0.2, -0.15) is 4.98 Å². The topological polar surface area (TPSA) is 47.0 Å². The Kier molecular flexibility index (Phi) is 5.56. The van der Waals surface area contributed by atoms with Gasteiger partial charge in [-0.3, -0.25) is 0 Å². The summed E-state index contributed by atoms with van der Waals surface area (Å²) in [5.41, 5.74) is 0.979. The normalized spacial score (nSPS) is 10.9. The number of anilines is 1. The quantitative estimate of drug-likeness (QED) is 0.839. The van der Waals surface area contributed by atoms with Crippen LogP contribution in [0.25, 0.3) is 0 Å². The summed E-state index contributed by atoms with van der Waals surface area (Å²) >= 11 is 1.76. The Balaban J connectivity index is 2.12. The summed E-state index contributed by atoms with van der Waals surface area (Å²) in [6, 6.07) is 4.19. The van der Waals surface area contributed by atoms with Gasteiger partial charge >= 0.3 is 0 Å². The third-order valence-corrected chi connectivity index (χ3v) is 4.08. The number of hydrogen-bond acceptors (Lipinski definition) is 5. The Morgan fingerprint density at radius 1 is 1.33 bits per heavy atom. The molecule has 0 fully saturated rings. The minimum absolute atomic E-state index is 0.280. The van der Waals surface area contributed by atoms with Gasteiger partial charge in [0.1, 0.15) is 11.6 Å². The van der Waals surface area contributed by atoms with Gasteiger partial charge in [-0.15, -0.1) is 11.3 Å². The molecule has 0 amide bonds. The van der Waals surface area contributed by atoms with Crippen molar-refractivity contribution in [2.45, 2.75) is 40.0 Å². The maximum Gasteiger partial charge on any atom is 0.221 e. The minimum atomic E-state index is 0.280. The fourth-order valence-corrected chi connectivity index (χ4v) is 2.64. The van der Waals surface area contributed by atoms with E-state index < -0.39 is 0 Å². The van der Waals surface area contributed by atoms with Crippen LogP contribution in [0.15, 0.2) is 17.5 Å². The van der Waals surface area contributed by atoms with Crippen LogP contribution in [0.5, 0.6) is 5.88 Å². The van der Waals surface area contributed by atoms with Gasteiger partial charge in [0.2, 0.25) is 5.88 Å². The molecule has 114 valence electrons. The SMILES string of the molecule is CCNc1nc(C(C)C)nc(OCCc2cccs2)c1C. The van der Waals surface area contributed by atoms with Crippen LogP contribution in [-0.2, 0) is 6.42 Å². The number of nitrogens with one attached hydrogen (secondary N) is 1. The molecule has 2 aromatic rings. The van der Waals surface area contributed by atoms with Gasteiger partial charge in [-0.25, -0.2) is 4.98 Å². The van der Waals surface area contributed by atoms with E-state index in [1.807, 2.05) is 6.92 Å². The lowest BCUT2D eigenvalue weighted by Crippen LogP contribution is -2.11. The summed E-state index contributed by atoms with van der Waals surface area (Å²) in [5, 5.41) is 5.38. The van der Waals surface area contributed by atoms with E-state index in [2.05, 4.69) is 53.6 Å². The van der Waals surface area contributed by atoms with Crippen LogP contribution in [0.4, 0.5) is 5.82 Å². The second-order valence-corrected chi connectivity index (χ2v) is 6.26. The molecule has 0 saturated carbocycles. The standard InChI is InChI=1S/C16H23N3OS/c1-5-17-15-12(4)16(19-14(18-15)11(2)3)20-9-8-13-7-6-10-21-13/h6-7,10-11H,5,8-9H2,1-4H3,(H,17,18,19). The molecule has 0 aliphatic heterocycles. The first-order valence-corrected chi connectivity index (χ1v) is 8.27. The van der Waals surface area contributed by atoms with Crippen molar-refractivity contribution in [3.8, 4) is 5.88 Å². The Morgan fingerprint density at radius 2 is 2.14 bits per heavy atom. The molecule has 0 atom stereocenters. The zero-order chi connectivity index (χ0) is 15.2. The Labute approximate surface area is 130 Å². The van der Waals surface area contributed by atoms with Crippen molar-refractivity contribution in [1.82, 2.24) is 9.97 Å². The molecule has 2 rings (SSSR count). The van der Waals surface area contributed by atoms with Gasteiger partial charge in [0.15, 0.2) is 0 Å². The fraction of sp³-hybridized carbons (Fsp3) is 0.500. The average molecular weight is 305 g/mol. The molecule has 0 saturated heterocycles. The summed E-state index contributed by atoms with van der Waals surface area (Å²) in [4.78, 5) is 10.5. The molecule has 2 heterocycles. The highest BCUT2D eigenvalue weighted by molar-refractivity contribution is 7.09. The van der Waals surface area contributed by atoms with E-state index in [0.717, 1.165) is 30.2 Å². The summed E-state index contributed by atoms with van der Waals surface area (Å²) < 4.78 is 5.90. The van der Waals surface area contributed by atoms with Crippen molar-refractivity contribution in [1.29, 1.82) is 0 Å². The monoisotopic (exact) mass is 305 g/mol. The van der Waals surface area contributed by atoms with Crippen molar-refractivity contribution < 1.29 is 4.74 Å². The van der Waals surface area contributed by atoms with Crippen molar-refractivity contribution in [2.75, 3.05) is 18.5 Å². The number of aromatic nitrogens is 2. The molecule has 0 aliphatic carbocycles. The van der Waals surface area contributed by atoms with Crippen LogP contribution in [0.3, 0.4) is 0 Å². The number of nitrogens with zero attached hydrogens (tertiary/aromatic N) is 2. The minimum Gasteiger partial charge on any atom is -0.477 e. The van der Waals surface area contributed by atoms with Gasteiger partial charge < -0.3 is 10.1 Å². The molecule has 0 radical (unpaired) electrons. The highest BCUT2D eigenvalue weighted by atomic mass is 32.1. The zero-order valence-electron chi connectivity index (χ0n) is 13.1. The zero-order valence-corrected chi connectivity index (χ0v) is 14.0. The van der Waals surface area contributed by atoms with E-state index in [1.54, 1.807) is 11.3 Å². The molecule has 0 aliphatic rings. The molecule has 0 unspecified atom stereocenters. The third kappa shape index (κ3) is 4.17. The Morgan fingerprint density at radius 3 is 2.76 bits per heavy atom. The number of hydrogen-bond donors (Lipinski definition) is 1. The van der Waals surface area contributed by atoms with Crippen LogP contribution in [0.1, 0.15) is 43.0 Å². The largest absolute Gasteiger partial charge is 0.477 e. The highest BCUT2D eigenvalue weighted by Gasteiger charge is 2.13. The van der Waals surface area contributed by atoms with Gasteiger partial charge in [-0.1, -0.05) is 19.9 Å². The molecule has 2 aromatic heterocycles. The van der Waals surface area contributed by atoms with Gasteiger partial charge in [-0.05, 0) is 25.3 Å². The molecule has 4 nitrogen and oxygen atoms in total. The van der Waals surface area contributed by atoms with Crippen LogP contribution in [0.2, 0.25) is 0 Å². The van der Waals surface area contributed by atoms with E-state index >= 15 is 0 Å². The first-order chi connectivity index (χ1) is 10.1. The van der Waals surface area contributed by atoms with E-state index in [1.165, 1.54) is 4.88 Å². The molecular formula is C16H23N3OS. The lowest BCUT2D eigenvalue weighted by atomic mass is 10.2. The third-order valence-electron chi connectivity index (χ3n) is 3.15. The highest BCUT2D eigenvalue weighted by Crippen LogP contribution is 2.25.